The lowest BCUT2D eigenvalue weighted by atomic mass is 9.68. The summed E-state index contributed by atoms with van der Waals surface area (Å²) in [5, 5.41) is 8.61. The van der Waals surface area contributed by atoms with E-state index < -0.39 is 5.97 Å². The summed E-state index contributed by atoms with van der Waals surface area (Å²) >= 11 is 0. The van der Waals surface area contributed by atoms with Crippen molar-refractivity contribution in [1.29, 1.82) is 0 Å². The van der Waals surface area contributed by atoms with Crippen LogP contribution in [0.3, 0.4) is 0 Å². The van der Waals surface area contributed by atoms with Gasteiger partial charge in [-0.05, 0) is 55.7 Å². The van der Waals surface area contributed by atoms with E-state index >= 15 is 0 Å². The third-order valence-corrected chi connectivity index (χ3v) is 5.54. The lowest BCUT2D eigenvalue weighted by Crippen LogP contribution is -2.37. The molecular formula is C25H34O4. The normalized spacial score (nSPS) is 21.8. The first-order chi connectivity index (χ1) is 13.8. The van der Waals surface area contributed by atoms with Crippen LogP contribution < -0.4 is 0 Å². The second-order valence-corrected chi connectivity index (χ2v) is 8.41. The van der Waals surface area contributed by atoms with E-state index in [1.54, 1.807) is 6.08 Å². The van der Waals surface area contributed by atoms with Gasteiger partial charge in [-0.25, -0.2) is 4.79 Å². The highest BCUT2D eigenvalue weighted by Crippen LogP contribution is 2.45. The number of hydrogen-bond donors (Lipinski definition) is 1. The van der Waals surface area contributed by atoms with Crippen molar-refractivity contribution in [2.45, 2.75) is 58.5 Å². The summed E-state index contributed by atoms with van der Waals surface area (Å²) in [6, 6.07) is 8.68. The number of hydrogen-bond acceptors (Lipinski definition) is 3. The van der Waals surface area contributed by atoms with Crippen molar-refractivity contribution >= 4 is 5.97 Å². The van der Waals surface area contributed by atoms with Gasteiger partial charge in [-0.3, -0.25) is 0 Å². The molecule has 0 heterocycles. The fourth-order valence-electron chi connectivity index (χ4n) is 3.95. The number of aliphatic carboxylic acids is 1. The molecule has 0 aromatic heterocycles. The molecule has 0 spiro atoms. The summed E-state index contributed by atoms with van der Waals surface area (Å²) in [5.41, 5.74) is 2.64. The van der Waals surface area contributed by atoms with Gasteiger partial charge in [0.1, 0.15) is 12.7 Å². The number of ether oxygens (including phenoxy) is 2. The largest absolute Gasteiger partial charge is 0.495 e. The average Bonchev–Trinajstić information content (AvgIpc) is 2.67. The van der Waals surface area contributed by atoms with Crippen LogP contribution in [0.1, 0.15) is 57.1 Å². The molecule has 1 aliphatic carbocycles. The van der Waals surface area contributed by atoms with E-state index in [1.165, 1.54) is 11.1 Å². The molecule has 1 saturated carbocycles. The minimum Gasteiger partial charge on any atom is -0.495 e. The number of carboxylic acid groups (broad SMARTS) is 1. The van der Waals surface area contributed by atoms with Crippen molar-refractivity contribution in [3.8, 4) is 0 Å². The van der Waals surface area contributed by atoms with Gasteiger partial charge in [0.25, 0.3) is 0 Å². The highest BCUT2D eigenvalue weighted by atomic mass is 16.5. The Hall–Kier alpha value is -2.33. The predicted molar refractivity (Wildman–Crippen MR) is 117 cm³/mol. The molecule has 4 nitrogen and oxygen atoms in total. The molecule has 1 aliphatic rings. The Labute approximate surface area is 174 Å². The van der Waals surface area contributed by atoms with Crippen LogP contribution in [-0.4, -0.2) is 30.4 Å². The number of allylic oxidation sites excluding steroid dienone is 5. The molecule has 0 amide bonds. The standard InChI is InChI=1S/C25H34O4/c1-5-6-7-8-19(2)29-23-14-13-22(17-25(23,3)4)21-11-9-20(10-12-21)15-16-28-18-24(26)27/h5-12,22-23H,1,13-18H2,2-4H3,(H,26,27)/b7-6-,19-8+. The van der Waals surface area contributed by atoms with Gasteiger partial charge in [-0.1, -0.05) is 62.9 Å². The van der Waals surface area contributed by atoms with Crippen LogP contribution >= 0.6 is 0 Å². The lowest BCUT2D eigenvalue weighted by Gasteiger charge is -2.42. The van der Waals surface area contributed by atoms with E-state index in [0.29, 0.717) is 12.5 Å². The zero-order valence-electron chi connectivity index (χ0n) is 17.9. The number of rotatable bonds is 10. The zero-order chi connectivity index (χ0) is 21.3. The van der Waals surface area contributed by atoms with E-state index in [2.05, 4.69) is 44.7 Å². The number of carboxylic acids is 1. The van der Waals surface area contributed by atoms with Gasteiger partial charge >= 0.3 is 5.97 Å². The highest BCUT2D eigenvalue weighted by Gasteiger charge is 2.38. The Morgan fingerprint density at radius 2 is 1.97 bits per heavy atom. The molecule has 0 radical (unpaired) electrons. The first-order valence-electron chi connectivity index (χ1n) is 10.3. The molecule has 2 rings (SSSR count). The van der Waals surface area contributed by atoms with Crippen molar-refractivity contribution in [2.75, 3.05) is 13.2 Å². The van der Waals surface area contributed by atoms with Crippen molar-refractivity contribution in [2.24, 2.45) is 5.41 Å². The Morgan fingerprint density at radius 1 is 1.24 bits per heavy atom. The number of carbonyl (C=O) groups is 1. The number of benzene rings is 1. The monoisotopic (exact) mass is 398 g/mol. The van der Waals surface area contributed by atoms with Gasteiger partial charge in [0, 0.05) is 5.41 Å². The van der Waals surface area contributed by atoms with Gasteiger partial charge in [0.05, 0.1) is 12.4 Å². The van der Waals surface area contributed by atoms with Gasteiger partial charge < -0.3 is 14.6 Å². The quantitative estimate of drug-likeness (QED) is 0.314. The second-order valence-electron chi connectivity index (χ2n) is 8.41. The second kappa shape index (κ2) is 11.0. The summed E-state index contributed by atoms with van der Waals surface area (Å²) in [7, 11) is 0. The molecule has 4 heteroatoms. The molecule has 29 heavy (non-hydrogen) atoms. The van der Waals surface area contributed by atoms with Crippen LogP contribution in [0.15, 0.2) is 60.9 Å². The van der Waals surface area contributed by atoms with Crippen LogP contribution in [0.25, 0.3) is 0 Å². The summed E-state index contributed by atoms with van der Waals surface area (Å²) in [5.74, 6) is 0.544. The van der Waals surface area contributed by atoms with Crippen LogP contribution in [0.5, 0.6) is 0 Å². The molecule has 1 aromatic carbocycles. The van der Waals surface area contributed by atoms with Crippen LogP contribution in [0.2, 0.25) is 0 Å². The first-order valence-corrected chi connectivity index (χ1v) is 10.3. The van der Waals surface area contributed by atoms with Crippen LogP contribution in [0.4, 0.5) is 0 Å². The van der Waals surface area contributed by atoms with Crippen molar-refractivity contribution in [3.63, 3.8) is 0 Å². The van der Waals surface area contributed by atoms with E-state index in [1.807, 2.05) is 25.2 Å². The maximum absolute atomic E-state index is 10.5. The minimum atomic E-state index is -0.929. The van der Waals surface area contributed by atoms with Crippen LogP contribution in [-0.2, 0) is 20.7 Å². The van der Waals surface area contributed by atoms with Gasteiger partial charge in [-0.2, -0.15) is 0 Å². The van der Waals surface area contributed by atoms with Gasteiger partial charge in [-0.15, -0.1) is 0 Å². The van der Waals surface area contributed by atoms with E-state index in [4.69, 9.17) is 14.6 Å². The first kappa shape index (κ1) is 23.0. The molecule has 2 unspecified atom stereocenters. The third-order valence-electron chi connectivity index (χ3n) is 5.54. The fraction of sp³-hybridized carbons (Fsp3) is 0.480. The van der Waals surface area contributed by atoms with E-state index in [0.717, 1.165) is 31.4 Å². The Morgan fingerprint density at radius 3 is 2.59 bits per heavy atom. The summed E-state index contributed by atoms with van der Waals surface area (Å²) in [6.07, 6.45) is 11.8. The lowest BCUT2D eigenvalue weighted by molar-refractivity contribution is -0.142. The smallest absolute Gasteiger partial charge is 0.329 e. The summed E-state index contributed by atoms with van der Waals surface area (Å²) in [6.45, 7) is 10.5. The van der Waals surface area contributed by atoms with Gasteiger partial charge in [0.15, 0.2) is 0 Å². The molecule has 0 bridgehead atoms. The SMILES string of the molecule is C=C/C=C\C=C(/C)OC1CCC(c2ccc(CCOCC(=O)O)cc2)CC1(C)C. The van der Waals surface area contributed by atoms with Crippen LogP contribution in [0, 0.1) is 5.41 Å². The Kier molecular flexibility index (Phi) is 8.71. The maximum Gasteiger partial charge on any atom is 0.329 e. The molecular weight excluding hydrogens is 364 g/mol. The topological polar surface area (TPSA) is 55.8 Å². The Balaban J connectivity index is 1.90. The fourth-order valence-corrected chi connectivity index (χ4v) is 3.95. The summed E-state index contributed by atoms with van der Waals surface area (Å²) < 4.78 is 11.4. The molecule has 1 aromatic rings. The third kappa shape index (κ3) is 7.54. The molecule has 2 atom stereocenters. The molecule has 1 N–H and O–H groups in total. The average molecular weight is 399 g/mol. The zero-order valence-corrected chi connectivity index (χ0v) is 17.9. The van der Waals surface area contributed by atoms with E-state index in [-0.39, 0.29) is 18.1 Å². The summed E-state index contributed by atoms with van der Waals surface area (Å²) in [4.78, 5) is 10.5. The molecule has 0 saturated heterocycles. The van der Waals surface area contributed by atoms with Gasteiger partial charge in [0.2, 0.25) is 0 Å². The molecule has 1 fully saturated rings. The predicted octanol–water partition coefficient (Wildman–Crippen LogP) is 5.66. The maximum atomic E-state index is 10.5. The molecule has 0 aliphatic heterocycles. The molecule has 158 valence electrons. The van der Waals surface area contributed by atoms with Crippen molar-refractivity contribution in [3.05, 3.63) is 72.0 Å². The Bertz CT molecular complexity index is 728. The van der Waals surface area contributed by atoms with Crippen molar-refractivity contribution in [1.82, 2.24) is 0 Å². The highest BCUT2D eigenvalue weighted by molar-refractivity contribution is 5.67. The van der Waals surface area contributed by atoms with Crippen molar-refractivity contribution < 1.29 is 19.4 Å². The van der Waals surface area contributed by atoms with E-state index in [9.17, 15) is 4.79 Å². The minimum absolute atomic E-state index is 0.101.